The molecule has 0 bridgehead atoms. The Hall–Kier alpha value is -3.66. The van der Waals surface area contributed by atoms with Gasteiger partial charge in [0.05, 0.1) is 10.6 Å². The predicted octanol–water partition coefficient (Wildman–Crippen LogP) is 5.70. The molecule has 198 valence electrons. The number of halogens is 3. The number of benzene rings is 2. The maximum Gasteiger partial charge on any atom is 0.433 e. The molecule has 0 radical (unpaired) electrons. The zero-order valence-corrected chi connectivity index (χ0v) is 21.4. The number of amides is 1. The fourth-order valence-electron chi connectivity index (χ4n) is 4.51. The normalized spacial score (nSPS) is 14.1. The van der Waals surface area contributed by atoms with Crippen LogP contribution < -0.4 is 5.32 Å². The molecule has 0 spiro atoms. The molecular weight excluding hydrogens is 515 g/mol. The summed E-state index contributed by atoms with van der Waals surface area (Å²) in [5.41, 5.74) is 2.97. The molecule has 0 aliphatic heterocycles. The Morgan fingerprint density at radius 2 is 1.74 bits per heavy atom. The van der Waals surface area contributed by atoms with E-state index in [1.165, 1.54) is 12.3 Å². The van der Waals surface area contributed by atoms with Crippen LogP contribution in [0.4, 0.5) is 13.2 Å². The maximum absolute atomic E-state index is 12.9. The molecular formula is C28H26F3N3O3S. The Balaban J connectivity index is 1.33. The number of alkyl halides is 3. The maximum atomic E-state index is 12.9. The average Bonchev–Trinajstić information content (AvgIpc) is 3.67. The quantitative estimate of drug-likeness (QED) is 0.310. The van der Waals surface area contributed by atoms with Crippen LogP contribution in [-0.4, -0.2) is 29.6 Å². The van der Waals surface area contributed by atoms with Crippen molar-refractivity contribution >= 4 is 26.6 Å². The third-order valence-electron chi connectivity index (χ3n) is 6.71. The van der Waals surface area contributed by atoms with Gasteiger partial charge >= 0.3 is 6.18 Å². The second-order valence-electron chi connectivity index (χ2n) is 9.47. The molecule has 38 heavy (non-hydrogen) atoms. The molecule has 1 aliphatic rings. The van der Waals surface area contributed by atoms with Gasteiger partial charge in [0.1, 0.15) is 5.69 Å². The van der Waals surface area contributed by atoms with E-state index in [1.54, 1.807) is 37.3 Å². The van der Waals surface area contributed by atoms with Crippen LogP contribution in [0.1, 0.15) is 58.7 Å². The zero-order valence-electron chi connectivity index (χ0n) is 20.6. The SMILES string of the molecule is CCS(=O)(=O)c1ccc(CNC(=O)c2ccc3c(c2)cc(Cc2ccc(C(F)(F)F)nc2)n3C2CC2)cc1. The van der Waals surface area contributed by atoms with Gasteiger partial charge in [-0.25, -0.2) is 8.42 Å². The van der Waals surface area contributed by atoms with E-state index in [9.17, 15) is 26.4 Å². The summed E-state index contributed by atoms with van der Waals surface area (Å²) < 4.78 is 64.8. The van der Waals surface area contributed by atoms with E-state index in [1.807, 2.05) is 18.2 Å². The van der Waals surface area contributed by atoms with Crippen molar-refractivity contribution in [3.63, 3.8) is 0 Å². The third-order valence-corrected chi connectivity index (χ3v) is 8.46. The van der Waals surface area contributed by atoms with Crippen molar-refractivity contribution in [2.24, 2.45) is 0 Å². The van der Waals surface area contributed by atoms with Gasteiger partial charge in [-0.3, -0.25) is 9.78 Å². The molecule has 1 aliphatic carbocycles. The van der Waals surface area contributed by atoms with Gasteiger partial charge in [0.15, 0.2) is 9.84 Å². The fraction of sp³-hybridized carbons (Fsp3) is 0.286. The Labute approximate surface area is 218 Å². The monoisotopic (exact) mass is 541 g/mol. The Kier molecular flexibility index (Phi) is 6.77. The number of fused-ring (bicyclic) bond motifs is 1. The zero-order chi connectivity index (χ0) is 27.1. The number of rotatable bonds is 8. The average molecular weight is 542 g/mol. The number of nitrogens with one attached hydrogen (secondary N) is 1. The molecule has 0 saturated heterocycles. The van der Waals surface area contributed by atoms with E-state index in [0.29, 0.717) is 23.6 Å². The standard InChI is InChI=1S/C28H26F3N3O3S/c1-2-38(36,37)24-9-3-18(4-10-24)16-33-27(35)20-6-11-25-21(14-20)15-23(34(25)22-7-8-22)13-19-5-12-26(32-17-19)28(29,30)31/h3-6,9-12,14-15,17,22H,2,7-8,13,16H2,1H3,(H,33,35). The molecule has 0 unspecified atom stereocenters. The van der Waals surface area contributed by atoms with Crippen LogP contribution in [0, 0.1) is 0 Å². The Morgan fingerprint density at radius 1 is 1.03 bits per heavy atom. The van der Waals surface area contributed by atoms with E-state index in [-0.39, 0.29) is 23.1 Å². The molecule has 2 heterocycles. The molecule has 2 aromatic carbocycles. The highest BCUT2D eigenvalue weighted by atomic mass is 32.2. The van der Waals surface area contributed by atoms with Gasteiger partial charge in [0.25, 0.3) is 5.91 Å². The van der Waals surface area contributed by atoms with Crippen molar-refractivity contribution in [2.45, 2.75) is 49.8 Å². The van der Waals surface area contributed by atoms with Gasteiger partial charge in [-0.2, -0.15) is 13.2 Å². The van der Waals surface area contributed by atoms with Crippen molar-refractivity contribution in [3.05, 3.63) is 94.9 Å². The predicted molar refractivity (Wildman–Crippen MR) is 138 cm³/mol. The molecule has 6 nitrogen and oxygen atoms in total. The first-order valence-electron chi connectivity index (χ1n) is 12.3. The number of hydrogen-bond acceptors (Lipinski definition) is 4. The number of sulfone groups is 1. The first-order chi connectivity index (χ1) is 18.0. The number of carbonyl (C=O) groups excluding carboxylic acids is 1. The van der Waals surface area contributed by atoms with Crippen molar-refractivity contribution in [1.82, 2.24) is 14.9 Å². The van der Waals surface area contributed by atoms with Crippen LogP contribution in [0.15, 0.2) is 71.8 Å². The molecule has 1 N–H and O–H groups in total. The summed E-state index contributed by atoms with van der Waals surface area (Å²) >= 11 is 0. The summed E-state index contributed by atoms with van der Waals surface area (Å²) in [6.07, 6.45) is -0.717. The molecule has 1 saturated carbocycles. The lowest BCUT2D eigenvalue weighted by atomic mass is 10.1. The first kappa shape index (κ1) is 26.0. The lowest BCUT2D eigenvalue weighted by Gasteiger charge is -2.11. The highest BCUT2D eigenvalue weighted by Gasteiger charge is 2.32. The molecule has 1 amide bonds. The van der Waals surface area contributed by atoms with E-state index in [0.717, 1.165) is 41.1 Å². The highest BCUT2D eigenvalue weighted by molar-refractivity contribution is 7.91. The van der Waals surface area contributed by atoms with Crippen LogP contribution in [-0.2, 0) is 29.0 Å². The number of hydrogen-bond donors (Lipinski definition) is 1. The van der Waals surface area contributed by atoms with E-state index < -0.39 is 21.7 Å². The van der Waals surface area contributed by atoms with Gasteiger partial charge in [-0.05, 0) is 66.4 Å². The van der Waals surface area contributed by atoms with E-state index in [2.05, 4.69) is 14.9 Å². The highest BCUT2D eigenvalue weighted by Crippen LogP contribution is 2.40. The molecule has 10 heteroatoms. The molecule has 0 atom stereocenters. The Bertz CT molecular complexity index is 1590. The van der Waals surface area contributed by atoms with Crippen LogP contribution in [0.5, 0.6) is 0 Å². The lowest BCUT2D eigenvalue weighted by molar-refractivity contribution is -0.141. The molecule has 4 aromatic rings. The van der Waals surface area contributed by atoms with Gasteiger partial charge in [-0.15, -0.1) is 0 Å². The first-order valence-corrected chi connectivity index (χ1v) is 14.0. The Morgan fingerprint density at radius 3 is 2.34 bits per heavy atom. The van der Waals surface area contributed by atoms with Crippen LogP contribution >= 0.6 is 0 Å². The van der Waals surface area contributed by atoms with Crippen LogP contribution in [0.2, 0.25) is 0 Å². The number of nitrogens with zero attached hydrogens (tertiary/aromatic N) is 2. The second-order valence-corrected chi connectivity index (χ2v) is 11.7. The summed E-state index contributed by atoms with van der Waals surface area (Å²) in [6.45, 7) is 1.84. The van der Waals surface area contributed by atoms with Crippen LogP contribution in [0.25, 0.3) is 10.9 Å². The molecule has 1 fully saturated rings. The minimum absolute atomic E-state index is 0.0248. The third kappa shape index (κ3) is 5.45. The fourth-order valence-corrected chi connectivity index (χ4v) is 5.39. The largest absolute Gasteiger partial charge is 0.433 e. The minimum Gasteiger partial charge on any atom is -0.348 e. The van der Waals surface area contributed by atoms with E-state index in [4.69, 9.17) is 0 Å². The molecule has 2 aromatic heterocycles. The van der Waals surface area contributed by atoms with Gasteiger partial charge in [0, 0.05) is 47.4 Å². The lowest BCUT2D eigenvalue weighted by Crippen LogP contribution is -2.22. The van der Waals surface area contributed by atoms with Gasteiger partial charge in [-0.1, -0.05) is 25.1 Å². The number of pyridine rings is 1. The van der Waals surface area contributed by atoms with Crippen LogP contribution in [0.3, 0.4) is 0 Å². The number of aromatic nitrogens is 2. The minimum atomic E-state index is -4.47. The van der Waals surface area contributed by atoms with Crippen molar-refractivity contribution in [1.29, 1.82) is 0 Å². The van der Waals surface area contributed by atoms with Crippen molar-refractivity contribution in [3.8, 4) is 0 Å². The van der Waals surface area contributed by atoms with Gasteiger partial charge < -0.3 is 9.88 Å². The van der Waals surface area contributed by atoms with E-state index >= 15 is 0 Å². The number of carbonyl (C=O) groups is 1. The van der Waals surface area contributed by atoms with Crippen molar-refractivity contribution < 1.29 is 26.4 Å². The second kappa shape index (κ2) is 9.90. The summed E-state index contributed by atoms with van der Waals surface area (Å²) in [5.74, 6) is -0.235. The summed E-state index contributed by atoms with van der Waals surface area (Å²) in [4.78, 5) is 16.7. The summed E-state index contributed by atoms with van der Waals surface area (Å²) in [7, 11) is -3.28. The topological polar surface area (TPSA) is 81.1 Å². The molecule has 5 rings (SSSR count). The smallest absolute Gasteiger partial charge is 0.348 e. The van der Waals surface area contributed by atoms with Gasteiger partial charge in [0.2, 0.25) is 0 Å². The van der Waals surface area contributed by atoms with Crippen molar-refractivity contribution in [2.75, 3.05) is 5.75 Å². The summed E-state index contributed by atoms with van der Waals surface area (Å²) in [5, 5.41) is 3.75. The summed E-state index contributed by atoms with van der Waals surface area (Å²) in [6, 6.07) is 16.7.